The van der Waals surface area contributed by atoms with Crippen LogP contribution in [-0.4, -0.2) is 0 Å². The number of hydrogen-bond donors (Lipinski definition) is 0. The van der Waals surface area contributed by atoms with E-state index in [-0.39, 0.29) is 0 Å². The summed E-state index contributed by atoms with van der Waals surface area (Å²) in [6.45, 7) is 6.98. The Morgan fingerprint density at radius 2 is 1.70 bits per heavy atom. The summed E-state index contributed by atoms with van der Waals surface area (Å²) >= 11 is 0. The van der Waals surface area contributed by atoms with Gasteiger partial charge < -0.3 is 0 Å². The highest BCUT2D eigenvalue weighted by atomic mass is 14.2. The van der Waals surface area contributed by atoms with Crippen molar-refractivity contribution < 1.29 is 0 Å². The second kappa shape index (κ2) is 7.17. The van der Waals surface area contributed by atoms with Crippen LogP contribution in [0.4, 0.5) is 0 Å². The van der Waals surface area contributed by atoms with Crippen molar-refractivity contribution in [3.05, 3.63) is 59.7 Å². The molecule has 1 unspecified atom stereocenters. The van der Waals surface area contributed by atoms with Crippen molar-refractivity contribution in [3.63, 3.8) is 0 Å². The molecule has 3 aromatic carbocycles. The van der Waals surface area contributed by atoms with Crippen LogP contribution in [0.3, 0.4) is 0 Å². The Balaban J connectivity index is 1.99. The number of rotatable bonds is 6. The smallest absolute Gasteiger partial charge is 0.0116 e. The molecule has 0 saturated heterocycles. The quantitative estimate of drug-likeness (QED) is 0.338. The molecule has 0 aliphatic heterocycles. The molecule has 0 bridgehead atoms. The highest BCUT2D eigenvalue weighted by Crippen LogP contribution is 2.31. The fourth-order valence-electron chi connectivity index (χ4n) is 3.85. The molecule has 3 aromatic rings. The van der Waals surface area contributed by atoms with Crippen molar-refractivity contribution in [1.82, 2.24) is 0 Å². The molecule has 0 N–H and O–H groups in total. The van der Waals surface area contributed by atoms with E-state index in [2.05, 4.69) is 69.3 Å². The van der Waals surface area contributed by atoms with Crippen LogP contribution in [0.1, 0.15) is 50.7 Å². The van der Waals surface area contributed by atoms with Gasteiger partial charge in [-0.05, 0) is 58.0 Å². The fourth-order valence-corrected chi connectivity index (χ4v) is 3.85. The topological polar surface area (TPSA) is 0 Å². The number of hydrogen-bond acceptors (Lipinski definition) is 0. The number of unbranched alkanes of at least 4 members (excludes halogenated alkanes) is 2. The van der Waals surface area contributed by atoms with E-state index >= 15 is 0 Å². The lowest BCUT2D eigenvalue weighted by Crippen LogP contribution is -2.01. The molecule has 0 fully saturated rings. The van der Waals surface area contributed by atoms with Crippen molar-refractivity contribution in [1.29, 1.82) is 0 Å². The predicted molar refractivity (Wildman–Crippen MR) is 103 cm³/mol. The number of aryl methyl sites for hydroxylation is 1. The van der Waals surface area contributed by atoms with Crippen molar-refractivity contribution in [3.8, 4) is 0 Å². The van der Waals surface area contributed by atoms with Crippen molar-refractivity contribution in [2.24, 2.45) is 5.92 Å². The number of benzene rings is 3. The van der Waals surface area contributed by atoms with Crippen LogP contribution in [-0.2, 0) is 6.42 Å². The minimum Gasteiger partial charge on any atom is -0.0654 e. The lowest BCUT2D eigenvalue weighted by molar-refractivity contribution is 0.494. The maximum absolute atomic E-state index is 2.41. The van der Waals surface area contributed by atoms with E-state index in [1.807, 2.05) is 0 Å². The Bertz CT molecular complexity index is 798. The van der Waals surface area contributed by atoms with Crippen molar-refractivity contribution in [2.75, 3.05) is 0 Å². The zero-order valence-electron chi connectivity index (χ0n) is 14.7. The van der Waals surface area contributed by atoms with E-state index in [9.17, 15) is 0 Å². The largest absolute Gasteiger partial charge is 0.0654 e. The minimum absolute atomic E-state index is 0.762. The first kappa shape index (κ1) is 16.1. The van der Waals surface area contributed by atoms with E-state index in [4.69, 9.17) is 0 Å². The van der Waals surface area contributed by atoms with Crippen LogP contribution in [0.5, 0.6) is 0 Å². The van der Waals surface area contributed by atoms with Crippen molar-refractivity contribution >= 4 is 21.5 Å². The van der Waals surface area contributed by atoms with E-state index < -0.39 is 0 Å². The molecule has 0 aromatic heterocycles. The normalized spacial score (nSPS) is 12.8. The average molecular weight is 304 g/mol. The maximum Gasteiger partial charge on any atom is -0.0116 e. The molecular formula is C23H28. The zero-order valence-corrected chi connectivity index (χ0v) is 14.7. The summed E-state index contributed by atoms with van der Waals surface area (Å²) in [6.07, 6.45) is 6.58. The summed E-state index contributed by atoms with van der Waals surface area (Å²) < 4.78 is 0. The van der Waals surface area contributed by atoms with Gasteiger partial charge in [0, 0.05) is 0 Å². The number of fused-ring (bicyclic) bond motifs is 2. The van der Waals surface area contributed by atoms with Crippen LogP contribution in [0.15, 0.2) is 48.5 Å². The standard InChI is InChI=1S/C23H28/c1-4-5-6-10-17(2)15-20-12-9-13-21-16-19-11-7-8-14-22(19)18(3)23(20)21/h7-9,11-14,16-17H,4-6,10,15H2,1-3H3. The van der Waals surface area contributed by atoms with E-state index in [0.29, 0.717) is 0 Å². The monoisotopic (exact) mass is 304 g/mol. The summed E-state index contributed by atoms with van der Waals surface area (Å²) in [5.41, 5.74) is 2.96. The van der Waals surface area contributed by atoms with Gasteiger partial charge >= 0.3 is 0 Å². The third-order valence-electron chi connectivity index (χ3n) is 5.10. The summed E-state index contributed by atoms with van der Waals surface area (Å²) in [5, 5.41) is 5.62. The van der Waals surface area contributed by atoms with E-state index in [0.717, 1.165) is 5.92 Å². The fraction of sp³-hybridized carbons (Fsp3) is 0.391. The van der Waals surface area contributed by atoms with Gasteiger partial charge in [-0.3, -0.25) is 0 Å². The Labute approximate surface area is 140 Å². The molecule has 0 heteroatoms. The van der Waals surface area contributed by atoms with Crippen molar-refractivity contribution in [2.45, 2.75) is 52.9 Å². The molecule has 0 aliphatic rings. The molecule has 3 rings (SSSR count). The highest BCUT2D eigenvalue weighted by molar-refractivity contribution is 6.03. The Kier molecular flexibility index (Phi) is 5.00. The van der Waals surface area contributed by atoms with Crippen LogP contribution in [0, 0.1) is 12.8 Å². The van der Waals surface area contributed by atoms with Gasteiger partial charge in [-0.25, -0.2) is 0 Å². The molecule has 0 nitrogen and oxygen atoms in total. The third-order valence-corrected chi connectivity index (χ3v) is 5.10. The lowest BCUT2D eigenvalue weighted by atomic mass is 9.89. The van der Waals surface area contributed by atoms with Gasteiger partial charge in [-0.15, -0.1) is 0 Å². The molecular weight excluding hydrogens is 276 g/mol. The maximum atomic E-state index is 2.41. The molecule has 1 atom stereocenters. The zero-order chi connectivity index (χ0) is 16.2. The van der Waals surface area contributed by atoms with Crippen LogP contribution < -0.4 is 0 Å². The predicted octanol–water partition coefficient (Wildman–Crippen LogP) is 7.06. The molecule has 0 spiro atoms. The van der Waals surface area contributed by atoms with Gasteiger partial charge in [0.25, 0.3) is 0 Å². The van der Waals surface area contributed by atoms with E-state index in [1.165, 1.54) is 64.8 Å². The summed E-state index contributed by atoms with van der Waals surface area (Å²) in [6, 6.07) is 17.9. The van der Waals surface area contributed by atoms with Gasteiger partial charge in [0.2, 0.25) is 0 Å². The second-order valence-electron chi connectivity index (χ2n) is 7.04. The first-order chi connectivity index (χ1) is 11.2. The van der Waals surface area contributed by atoms with E-state index in [1.54, 1.807) is 0 Å². The third kappa shape index (κ3) is 3.42. The van der Waals surface area contributed by atoms with Crippen LogP contribution in [0.2, 0.25) is 0 Å². The van der Waals surface area contributed by atoms with Gasteiger partial charge in [0.1, 0.15) is 0 Å². The molecule has 0 amide bonds. The SMILES string of the molecule is CCCCCC(C)Cc1cccc2cc3ccccc3c(C)c12. The van der Waals surface area contributed by atoms with Crippen LogP contribution >= 0.6 is 0 Å². The van der Waals surface area contributed by atoms with Gasteiger partial charge in [-0.2, -0.15) is 0 Å². The summed E-state index contributed by atoms with van der Waals surface area (Å²) in [5.74, 6) is 0.762. The second-order valence-corrected chi connectivity index (χ2v) is 7.04. The van der Waals surface area contributed by atoms with Crippen LogP contribution in [0.25, 0.3) is 21.5 Å². The first-order valence-electron chi connectivity index (χ1n) is 9.10. The van der Waals surface area contributed by atoms with Gasteiger partial charge in [0.15, 0.2) is 0 Å². The Morgan fingerprint density at radius 3 is 2.52 bits per heavy atom. The van der Waals surface area contributed by atoms with Gasteiger partial charge in [-0.1, -0.05) is 82.0 Å². The summed E-state index contributed by atoms with van der Waals surface area (Å²) in [7, 11) is 0. The molecule has 0 aliphatic carbocycles. The minimum atomic E-state index is 0.762. The summed E-state index contributed by atoms with van der Waals surface area (Å²) in [4.78, 5) is 0. The molecule has 0 radical (unpaired) electrons. The lowest BCUT2D eigenvalue weighted by Gasteiger charge is -2.16. The molecule has 120 valence electrons. The Hall–Kier alpha value is -1.82. The molecule has 23 heavy (non-hydrogen) atoms. The molecule has 0 heterocycles. The molecule has 0 saturated carbocycles. The Morgan fingerprint density at radius 1 is 0.913 bits per heavy atom. The first-order valence-corrected chi connectivity index (χ1v) is 9.10. The highest BCUT2D eigenvalue weighted by Gasteiger charge is 2.10. The van der Waals surface area contributed by atoms with Gasteiger partial charge in [0.05, 0.1) is 0 Å². The average Bonchev–Trinajstić information content (AvgIpc) is 2.55.